The molecule has 0 aliphatic carbocycles. The second kappa shape index (κ2) is 8.72. The van der Waals surface area contributed by atoms with E-state index in [-0.39, 0.29) is 11.9 Å². The van der Waals surface area contributed by atoms with Crippen LogP contribution in [0.15, 0.2) is 30.3 Å². The van der Waals surface area contributed by atoms with Crippen LogP contribution in [0.3, 0.4) is 0 Å². The summed E-state index contributed by atoms with van der Waals surface area (Å²) in [5.41, 5.74) is 7.17. The van der Waals surface area contributed by atoms with Crippen molar-refractivity contribution in [3.63, 3.8) is 0 Å². The monoisotopic (exact) mass is 278 g/mol. The maximum Gasteiger partial charge on any atom is 0.240 e. The van der Waals surface area contributed by atoms with E-state index in [4.69, 9.17) is 10.5 Å². The Bertz CT molecular complexity index is 395. The molecule has 0 saturated carbocycles. The molecule has 0 saturated heterocycles. The number of carbonyl (C=O) groups is 1. The van der Waals surface area contributed by atoms with Crippen LogP contribution in [-0.2, 0) is 16.0 Å². The first-order chi connectivity index (χ1) is 9.60. The minimum Gasteiger partial charge on any atom is -0.383 e. The van der Waals surface area contributed by atoms with Gasteiger partial charge in [-0.3, -0.25) is 4.79 Å². The molecule has 0 radical (unpaired) electrons. The molecule has 1 amide bonds. The van der Waals surface area contributed by atoms with Gasteiger partial charge in [0.15, 0.2) is 0 Å². The summed E-state index contributed by atoms with van der Waals surface area (Å²) < 4.78 is 5.08. The van der Waals surface area contributed by atoms with E-state index in [0.717, 1.165) is 12.0 Å². The van der Waals surface area contributed by atoms with Crippen LogP contribution < -0.4 is 5.73 Å². The van der Waals surface area contributed by atoms with Crippen LogP contribution in [0.2, 0.25) is 0 Å². The van der Waals surface area contributed by atoms with E-state index < -0.39 is 6.04 Å². The molecule has 0 bridgehead atoms. The normalized spacial score (nSPS) is 13.8. The van der Waals surface area contributed by atoms with Crippen molar-refractivity contribution in [3.05, 3.63) is 35.9 Å². The second-order valence-corrected chi connectivity index (χ2v) is 5.08. The molecule has 1 rings (SSSR count). The Morgan fingerprint density at radius 1 is 1.35 bits per heavy atom. The first-order valence-corrected chi connectivity index (χ1v) is 7.19. The first kappa shape index (κ1) is 16.7. The van der Waals surface area contributed by atoms with Crippen LogP contribution in [0.5, 0.6) is 0 Å². The van der Waals surface area contributed by atoms with E-state index in [9.17, 15) is 4.79 Å². The zero-order valence-electron chi connectivity index (χ0n) is 12.7. The van der Waals surface area contributed by atoms with Crippen molar-refractivity contribution < 1.29 is 9.53 Å². The number of benzene rings is 1. The van der Waals surface area contributed by atoms with Gasteiger partial charge in [-0.15, -0.1) is 0 Å². The molecule has 0 aliphatic rings. The van der Waals surface area contributed by atoms with Crippen LogP contribution in [0.1, 0.15) is 25.8 Å². The average Bonchev–Trinajstić information content (AvgIpc) is 2.48. The van der Waals surface area contributed by atoms with Crippen molar-refractivity contribution in [2.75, 3.05) is 20.3 Å². The number of carbonyl (C=O) groups excluding carboxylic acids is 1. The SMILES string of the molecule is CCC(C)N(CCOC)C(=O)[C@H](N)Cc1ccccc1. The number of hydrogen-bond donors (Lipinski definition) is 1. The van der Waals surface area contributed by atoms with Gasteiger partial charge in [-0.2, -0.15) is 0 Å². The molecule has 0 spiro atoms. The van der Waals surface area contributed by atoms with Gasteiger partial charge < -0.3 is 15.4 Å². The fourth-order valence-electron chi connectivity index (χ4n) is 2.13. The van der Waals surface area contributed by atoms with Crippen molar-refractivity contribution in [3.8, 4) is 0 Å². The lowest BCUT2D eigenvalue weighted by molar-refractivity contribution is -0.135. The third-order valence-corrected chi connectivity index (χ3v) is 3.56. The van der Waals surface area contributed by atoms with Crippen molar-refractivity contribution in [2.45, 2.75) is 38.8 Å². The molecule has 2 N–H and O–H groups in total. The molecule has 4 heteroatoms. The summed E-state index contributed by atoms with van der Waals surface area (Å²) in [5.74, 6) is 0.000234. The number of rotatable bonds is 8. The van der Waals surface area contributed by atoms with Gasteiger partial charge >= 0.3 is 0 Å². The van der Waals surface area contributed by atoms with Gasteiger partial charge in [-0.25, -0.2) is 0 Å². The quantitative estimate of drug-likeness (QED) is 0.789. The maximum absolute atomic E-state index is 12.5. The highest BCUT2D eigenvalue weighted by atomic mass is 16.5. The van der Waals surface area contributed by atoms with Crippen LogP contribution in [-0.4, -0.2) is 43.2 Å². The smallest absolute Gasteiger partial charge is 0.240 e. The Kier molecular flexibility index (Phi) is 7.26. The van der Waals surface area contributed by atoms with E-state index in [1.807, 2.05) is 42.2 Å². The Hall–Kier alpha value is -1.39. The zero-order valence-corrected chi connectivity index (χ0v) is 12.7. The van der Waals surface area contributed by atoms with Crippen LogP contribution in [0, 0.1) is 0 Å². The fourth-order valence-corrected chi connectivity index (χ4v) is 2.13. The molecule has 0 aromatic heterocycles. The minimum atomic E-state index is -0.497. The van der Waals surface area contributed by atoms with E-state index >= 15 is 0 Å². The molecule has 4 nitrogen and oxygen atoms in total. The van der Waals surface area contributed by atoms with Crippen LogP contribution >= 0.6 is 0 Å². The molecule has 20 heavy (non-hydrogen) atoms. The minimum absolute atomic E-state index is 0.000234. The Morgan fingerprint density at radius 3 is 2.55 bits per heavy atom. The topological polar surface area (TPSA) is 55.6 Å². The summed E-state index contributed by atoms with van der Waals surface area (Å²) in [6, 6.07) is 9.56. The number of nitrogens with two attached hydrogens (primary N) is 1. The summed E-state index contributed by atoms with van der Waals surface area (Å²) in [5, 5.41) is 0. The molecule has 1 aromatic rings. The lowest BCUT2D eigenvalue weighted by Crippen LogP contribution is -2.49. The van der Waals surface area contributed by atoms with Crippen molar-refractivity contribution in [2.24, 2.45) is 5.73 Å². The van der Waals surface area contributed by atoms with Gasteiger partial charge in [0.05, 0.1) is 12.6 Å². The van der Waals surface area contributed by atoms with Crippen molar-refractivity contribution in [1.29, 1.82) is 0 Å². The Labute approximate surface area is 121 Å². The van der Waals surface area contributed by atoms with E-state index in [1.165, 1.54) is 0 Å². The highest BCUT2D eigenvalue weighted by Crippen LogP contribution is 2.09. The number of hydrogen-bond acceptors (Lipinski definition) is 3. The van der Waals surface area contributed by atoms with Gasteiger partial charge in [0.25, 0.3) is 0 Å². The van der Waals surface area contributed by atoms with E-state index in [2.05, 4.69) is 6.92 Å². The Balaban J connectivity index is 2.67. The molecular formula is C16H26N2O2. The summed E-state index contributed by atoms with van der Waals surface area (Å²) in [7, 11) is 1.64. The van der Waals surface area contributed by atoms with Gasteiger partial charge in [0.1, 0.15) is 0 Å². The van der Waals surface area contributed by atoms with Crippen LogP contribution in [0.4, 0.5) is 0 Å². The molecule has 112 valence electrons. The number of methoxy groups -OCH3 is 1. The largest absolute Gasteiger partial charge is 0.383 e. The standard InChI is InChI=1S/C16H26N2O2/c1-4-13(2)18(10-11-20-3)16(19)15(17)12-14-8-6-5-7-9-14/h5-9,13,15H,4,10-12,17H2,1-3H3/t13?,15-/m1/s1. The van der Waals surface area contributed by atoms with Gasteiger partial charge in [0, 0.05) is 19.7 Å². The van der Waals surface area contributed by atoms with Gasteiger partial charge in [0.2, 0.25) is 5.91 Å². The second-order valence-electron chi connectivity index (χ2n) is 5.08. The number of nitrogens with zero attached hydrogens (tertiary/aromatic N) is 1. The predicted molar refractivity (Wildman–Crippen MR) is 81.5 cm³/mol. The summed E-state index contributed by atoms with van der Waals surface area (Å²) in [6.07, 6.45) is 1.48. The summed E-state index contributed by atoms with van der Waals surface area (Å²) in [4.78, 5) is 14.3. The van der Waals surface area contributed by atoms with E-state index in [0.29, 0.717) is 19.6 Å². The average molecular weight is 278 g/mol. The Morgan fingerprint density at radius 2 is 2.00 bits per heavy atom. The van der Waals surface area contributed by atoms with E-state index in [1.54, 1.807) is 7.11 Å². The third-order valence-electron chi connectivity index (χ3n) is 3.56. The van der Waals surface area contributed by atoms with Gasteiger partial charge in [-0.1, -0.05) is 37.3 Å². The molecule has 0 aliphatic heterocycles. The molecule has 1 aromatic carbocycles. The summed E-state index contributed by atoms with van der Waals surface area (Å²) in [6.45, 7) is 5.24. The highest BCUT2D eigenvalue weighted by molar-refractivity contribution is 5.82. The highest BCUT2D eigenvalue weighted by Gasteiger charge is 2.24. The third kappa shape index (κ3) is 4.94. The fraction of sp³-hybridized carbons (Fsp3) is 0.562. The molecule has 1 unspecified atom stereocenters. The lowest BCUT2D eigenvalue weighted by atomic mass is 10.0. The predicted octanol–water partition coefficient (Wildman–Crippen LogP) is 1.83. The number of ether oxygens (including phenoxy) is 1. The number of amides is 1. The first-order valence-electron chi connectivity index (χ1n) is 7.19. The molecule has 0 heterocycles. The zero-order chi connectivity index (χ0) is 15.0. The summed E-state index contributed by atoms with van der Waals surface area (Å²) >= 11 is 0. The molecular weight excluding hydrogens is 252 g/mol. The van der Waals surface area contributed by atoms with Crippen molar-refractivity contribution >= 4 is 5.91 Å². The molecule has 0 fully saturated rings. The maximum atomic E-state index is 12.5. The molecule has 2 atom stereocenters. The van der Waals surface area contributed by atoms with Crippen molar-refractivity contribution in [1.82, 2.24) is 4.90 Å². The van der Waals surface area contributed by atoms with Crippen LogP contribution in [0.25, 0.3) is 0 Å². The lowest BCUT2D eigenvalue weighted by Gasteiger charge is -2.30. The van der Waals surface area contributed by atoms with Gasteiger partial charge in [-0.05, 0) is 25.3 Å².